The molecule has 0 unspecified atom stereocenters. The van der Waals surface area contributed by atoms with E-state index >= 15 is 0 Å². The molecule has 6 heteroatoms. The van der Waals surface area contributed by atoms with Crippen LogP contribution in [0.15, 0.2) is 22.1 Å². The van der Waals surface area contributed by atoms with Gasteiger partial charge in [0.05, 0.1) is 0 Å². The Kier molecular flexibility index (Phi) is 3.29. The molecule has 1 aliphatic rings. The first kappa shape index (κ1) is 12.5. The van der Waals surface area contributed by atoms with Crippen LogP contribution in [0.2, 0.25) is 0 Å². The highest BCUT2D eigenvalue weighted by molar-refractivity contribution is 7.80. The van der Waals surface area contributed by atoms with E-state index in [0.29, 0.717) is 18.1 Å². The molecule has 2 rings (SSSR count). The molecule has 5 nitrogen and oxygen atoms in total. The van der Waals surface area contributed by atoms with Crippen molar-refractivity contribution in [3.8, 4) is 0 Å². The van der Waals surface area contributed by atoms with E-state index in [1.165, 1.54) is 11.0 Å². The number of aryl methyl sites for hydroxylation is 1. The number of hydrogen-bond donors (Lipinski definition) is 1. The summed E-state index contributed by atoms with van der Waals surface area (Å²) in [6.07, 6.45) is 1.43. The molecular formula is C12H12N2O3S. The van der Waals surface area contributed by atoms with Crippen LogP contribution in [0, 0.1) is 6.92 Å². The zero-order valence-corrected chi connectivity index (χ0v) is 10.8. The fourth-order valence-electron chi connectivity index (χ4n) is 1.65. The third kappa shape index (κ3) is 2.19. The molecule has 0 atom stereocenters. The third-order valence-electron chi connectivity index (χ3n) is 2.55. The number of carbonyl (C=O) groups is 2. The predicted octanol–water partition coefficient (Wildman–Crippen LogP) is 1.23. The number of furan rings is 1. The van der Waals surface area contributed by atoms with E-state index in [1.54, 1.807) is 26.0 Å². The van der Waals surface area contributed by atoms with E-state index in [4.69, 9.17) is 16.6 Å². The van der Waals surface area contributed by atoms with Crippen molar-refractivity contribution in [2.45, 2.75) is 13.8 Å². The lowest BCUT2D eigenvalue weighted by Crippen LogP contribution is -2.53. The van der Waals surface area contributed by atoms with Gasteiger partial charge in [-0.2, -0.15) is 0 Å². The van der Waals surface area contributed by atoms with Crippen LogP contribution in [0.25, 0.3) is 6.08 Å². The Morgan fingerprint density at radius 2 is 2.17 bits per heavy atom. The molecule has 1 aromatic rings. The van der Waals surface area contributed by atoms with Crippen molar-refractivity contribution in [3.05, 3.63) is 29.2 Å². The molecule has 0 aromatic carbocycles. The Morgan fingerprint density at radius 1 is 1.44 bits per heavy atom. The van der Waals surface area contributed by atoms with Crippen molar-refractivity contribution in [2.75, 3.05) is 6.54 Å². The highest BCUT2D eigenvalue weighted by atomic mass is 32.1. The lowest BCUT2D eigenvalue weighted by molar-refractivity contribution is -0.128. The Balaban J connectivity index is 2.37. The maximum absolute atomic E-state index is 12.1. The van der Waals surface area contributed by atoms with E-state index in [0.717, 1.165) is 0 Å². The van der Waals surface area contributed by atoms with Gasteiger partial charge in [0.2, 0.25) is 0 Å². The molecule has 0 radical (unpaired) electrons. The molecule has 2 amide bonds. The molecule has 0 aliphatic carbocycles. The van der Waals surface area contributed by atoms with Crippen LogP contribution in [0.3, 0.4) is 0 Å². The smallest absolute Gasteiger partial charge is 0.265 e. The summed E-state index contributed by atoms with van der Waals surface area (Å²) in [5.41, 5.74) is 0.0276. The van der Waals surface area contributed by atoms with E-state index in [2.05, 4.69) is 5.32 Å². The Labute approximate surface area is 109 Å². The van der Waals surface area contributed by atoms with Gasteiger partial charge in [-0.05, 0) is 44.3 Å². The Morgan fingerprint density at radius 3 is 2.72 bits per heavy atom. The number of rotatable bonds is 2. The van der Waals surface area contributed by atoms with Crippen molar-refractivity contribution in [1.82, 2.24) is 10.2 Å². The van der Waals surface area contributed by atoms with E-state index in [9.17, 15) is 9.59 Å². The maximum atomic E-state index is 12.1. The highest BCUT2D eigenvalue weighted by Crippen LogP contribution is 2.16. The monoisotopic (exact) mass is 264 g/mol. The van der Waals surface area contributed by atoms with Crippen molar-refractivity contribution in [2.24, 2.45) is 0 Å². The normalized spacial score (nSPS) is 18.4. The quantitative estimate of drug-likeness (QED) is 0.496. The predicted molar refractivity (Wildman–Crippen MR) is 69.5 cm³/mol. The zero-order chi connectivity index (χ0) is 13.3. The second kappa shape index (κ2) is 4.73. The zero-order valence-electron chi connectivity index (χ0n) is 10.0. The summed E-state index contributed by atoms with van der Waals surface area (Å²) in [6, 6.07) is 3.46. The Bertz CT molecular complexity index is 559. The topological polar surface area (TPSA) is 62.6 Å². The van der Waals surface area contributed by atoms with Crippen LogP contribution in [-0.2, 0) is 9.59 Å². The van der Waals surface area contributed by atoms with Gasteiger partial charge in [-0.25, -0.2) is 0 Å². The van der Waals surface area contributed by atoms with Crippen LogP contribution in [0.5, 0.6) is 0 Å². The van der Waals surface area contributed by atoms with Crippen molar-refractivity contribution < 1.29 is 14.0 Å². The Hall–Kier alpha value is -1.95. The second-order valence-electron chi connectivity index (χ2n) is 3.82. The molecular weight excluding hydrogens is 252 g/mol. The molecule has 1 aliphatic heterocycles. The second-order valence-corrected chi connectivity index (χ2v) is 4.20. The van der Waals surface area contributed by atoms with E-state index < -0.39 is 11.8 Å². The van der Waals surface area contributed by atoms with Gasteiger partial charge in [0.15, 0.2) is 5.11 Å². The first-order valence-electron chi connectivity index (χ1n) is 5.48. The third-order valence-corrected chi connectivity index (χ3v) is 2.87. The summed E-state index contributed by atoms with van der Waals surface area (Å²) < 4.78 is 5.32. The van der Waals surface area contributed by atoms with Gasteiger partial charge in [-0.3, -0.25) is 19.8 Å². The number of carbonyl (C=O) groups excluding carboxylic acids is 2. The van der Waals surface area contributed by atoms with Crippen molar-refractivity contribution in [3.63, 3.8) is 0 Å². The average Bonchev–Trinajstić information content (AvgIpc) is 2.70. The molecule has 1 aromatic heterocycles. The molecule has 94 valence electrons. The molecule has 2 heterocycles. The highest BCUT2D eigenvalue weighted by Gasteiger charge is 2.32. The molecule has 0 spiro atoms. The van der Waals surface area contributed by atoms with Crippen LogP contribution >= 0.6 is 12.2 Å². The number of thiocarbonyl (C=S) groups is 1. The van der Waals surface area contributed by atoms with Crippen LogP contribution in [0.1, 0.15) is 18.4 Å². The minimum atomic E-state index is -0.497. The largest absolute Gasteiger partial charge is 0.462 e. The van der Waals surface area contributed by atoms with Crippen molar-refractivity contribution >= 4 is 35.2 Å². The van der Waals surface area contributed by atoms with E-state index in [1.807, 2.05) is 0 Å². The van der Waals surface area contributed by atoms with Crippen LogP contribution < -0.4 is 5.32 Å². The van der Waals surface area contributed by atoms with Gasteiger partial charge >= 0.3 is 0 Å². The van der Waals surface area contributed by atoms with Gasteiger partial charge in [0, 0.05) is 6.54 Å². The maximum Gasteiger partial charge on any atom is 0.265 e. The summed E-state index contributed by atoms with van der Waals surface area (Å²) in [4.78, 5) is 25.1. The minimum Gasteiger partial charge on any atom is -0.462 e. The summed E-state index contributed by atoms with van der Waals surface area (Å²) >= 11 is 4.92. The standard InChI is InChI=1S/C12H12N2O3S/c1-3-14-11(16)9(10(15)13-12(14)18)6-8-5-4-7(2)17-8/h4-6H,3H2,1-2H3,(H,13,15,18)/b9-6-. The number of likely N-dealkylation sites (N-methyl/N-ethyl adjacent to an activating group) is 1. The van der Waals surface area contributed by atoms with Gasteiger partial charge < -0.3 is 4.42 Å². The molecule has 1 N–H and O–H groups in total. The SMILES string of the molecule is CCN1C(=O)/C(=C\c2ccc(C)o2)C(=O)NC1=S. The van der Waals surface area contributed by atoms with Crippen LogP contribution in [-0.4, -0.2) is 28.4 Å². The first-order valence-corrected chi connectivity index (χ1v) is 5.89. The molecule has 0 saturated carbocycles. The molecule has 1 fully saturated rings. The lowest BCUT2D eigenvalue weighted by Gasteiger charge is -2.27. The van der Waals surface area contributed by atoms with Crippen LogP contribution in [0.4, 0.5) is 0 Å². The number of amides is 2. The summed E-state index contributed by atoms with van der Waals surface area (Å²) in [5, 5.41) is 2.61. The van der Waals surface area contributed by atoms with Gasteiger partial charge in [0.1, 0.15) is 17.1 Å². The average molecular weight is 264 g/mol. The summed E-state index contributed by atoms with van der Waals surface area (Å²) in [7, 11) is 0. The fraction of sp³-hybridized carbons (Fsp3) is 0.250. The number of nitrogens with one attached hydrogen (secondary N) is 1. The molecule has 1 saturated heterocycles. The fourth-order valence-corrected chi connectivity index (χ4v) is 1.96. The number of nitrogens with zero attached hydrogens (tertiary/aromatic N) is 1. The summed E-state index contributed by atoms with van der Waals surface area (Å²) in [5.74, 6) is 0.285. The minimum absolute atomic E-state index is 0.0276. The first-order chi connectivity index (χ1) is 8.52. The lowest BCUT2D eigenvalue weighted by atomic mass is 10.1. The number of hydrogen-bond acceptors (Lipinski definition) is 4. The van der Waals surface area contributed by atoms with E-state index in [-0.39, 0.29) is 10.7 Å². The van der Waals surface area contributed by atoms with Crippen molar-refractivity contribution in [1.29, 1.82) is 0 Å². The van der Waals surface area contributed by atoms with Gasteiger partial charge in [-0.1, -0.05) is 0 Å². The molecule has 0 bridgehead atoms. The van der Waals surface area contributed by atoms with Gasteiger partial charge in [-0.15, -0.1) is 0 Å². The van der Waals surface area contributed by atoms with Gasteiger partial charge in [0.25, 0.3) is 11.8 Å². The molecule has 18 heavy (non-hydrogen) atoms. The summed E-state index contributed by atoms with van der Waals surface area (Å²) in [6.45, 7) is 3.99.